The van der Waals surface area contributed by atoms with Gasteiger partial charge >= 0.3 is 5.97 Å². The summed E-state index contributed by atoms with van der Waals surface area (Å²) in [6, 6.07) is 16.5. The number of amides is 1. The number of hydrogen-bond acceptors (Lipinski definition) is 5. The van der Waals surface area contributed by atoms with Gasteiger partial charge in [-0.25, -0.2) is 9.78 Å². The maximum atomic E-state index is 12.1. The normalized spacial score (nSPS) is 10.4. The van der Waals surface area contributed by atoms with E-state index in [2.05, 4.69) is 4.98 Å². The third-order valence-corrected chi connectivity index (χ3v) is 4.54. The zero-order chi connectivity index (χ0) is 18.5. The Balaban J connectivity index is 1.71. The van der Waals surface area contributed by atoms with Crippen LogP contribution in [0.2, 0.25) is 0 Å². The molecular formula is C20H18N2O3S. The number of hydrogen-bond donors (Lipinski definition) is 0. The minimum absolute atomic E-state index is 0.0593. The number of aromatic nitrogens is 1. The predicted octanol–water partition coefficient (Wildman–Crippen LogP) is 4.49. The molecule has 1 aromatic heterocycles. The number of carbonyl (C=O) groups is 2. The number of aryl methyl sites for hydroxylation is 1. The highest BCUT2D eigenvalue weighted by Crippen LogP contribution is 2.28. The maximum Gasteiger partial charge on any atom is 0.338 e. The minimum atomic E-state index is -0.394. The molecule has 0 aliphatic rings. The summed E-state index contributed by atoms with van der Waals surface area (Å²) in [7, 11) is 0. The molecule has 0 radical (unpaired) electrons. The molecule has 0 saturated heterocycles. The molecule has 0 atom stereocenters. The van der Waals surface area contributed by atoms with Crippen molar-refractivity contribution in [1.29, 1.82) is 0 Å². The summed E-state index contributed by atoms with van der Waals surface area (Å²) in [5.41, 5.74) is 2.86. The number of benzene rings is 2. The molecule has 0 fully saturated rings. The lowest BCUT2D eigenvalue weighted by molar-refractivity contribution is -0.115. The second-order valence-electron chi connectivity index (χ2n) is 5.76. The number of nitrogens with zero attached hydrogens (tertiary/aromatic N) is 2. The Morgan fingerprint density at radius 3 is 2.58 bits per heavy atom. The fourth-order valence-electron chi connectivity index (χ4n) is 2.46. The van der Waals surface area contributed by atoms with E-state index in [9.17, 15) is 9.59 Å². The number of para-hydroxylation sites is 1. The van der Waals surface area contributed by atoms with Crippen LogP contribution in [0.15, 0.2) is 60.0 Å². The molecule has 0 aliphatic heterocycles. The van der Waals surface area contributed by atoms with E-state index in [0.717, 1.165) is 11.3 Å². The Hall–Kier alpha value is -2.99. The number of esters is 1. The molecule has 5 nitrogen and oxygen atoms in total. The first-order valence-electron chi connectivity index (χ1n) is 8.08. The van der Waals surface area contributed by atoms with E-state index in [0.29, 0.717) is 16.4 Å². The lowest BCUT2D eigenvalue weighted by Gasteiger charge is -2.17. The summed E-state index contributed by atoms with van der Waals surface area (Å²) in [6.45, 7) is 3.47. The number of rotatable bonds is 5. The molecule has 1 heterocycles. The van der Waals surface area contributed by atoms with Crippen molar-refractivity contribution in [2.24, 2.45) is 0 Å². The first kappa shape index (κ1) is 17.8. The van der Waals surface area contributed by atoms with Crippen LogP contribution in [0.3, 0.4) is 0 Å². The zero-order valence-corrected chi connectivity index (χ0v) is 15.3. The molecule has 26 heavy (non-hydrogen) atoms. The smallest absolute Gasteiger partial charge is 0.338 e. The molecule has 3 aromatic rings. The first-order chi connectivity index (χ1) is 12.5. The summed E-state index contributed by atoms with van der Waals surface area (Å²) >= 11 is 1.33. The van der Waals surface area contributed by atoms with E-state index in [1.54, 1.807) is 17.5 Å². The lowest BCUT2D eigenvalue weighted by atomic mass is 10.1. The van der Waals surface area contributed by atoms with Gasteiger partial charge in [-0.2, -0.15) is 0 Å². The molecule has 132 valence electrons. The second kappa shape index (κ2) is 7.93. The van der Waals surface area contributed by atoms with Crippen molar-refractivity contribution in [3.05, 3.63) is 76.8 Å². The minimum Gasteiger partial charge on any atom is -0.456 e. The largest absolute Gasteiger partial charge is 0.456 e. The van der Waals surface area contributed by atoms with Gasteiger partial charge in [-0.05, 0) is 31.2 Å². The molecule has 0 saturated carbocycles. The van der Waals surface area contributed by atoms with Gasteiger partial charge in [0.15, 0.2) is 5.13 Å². The Morgan fingerprint density at radius 1 is 1.12 bits per heavy atom. The highest BCUT2D eigenvalue weighted by molar-refractivity contribution is 7.14. The van der Waals surface area contributed by atoms with E-state index in [1.807, 2.05) is 49.4 Å². The monoisotopic (exact) mass is 366 g/mol. The molecule has 0 spiro atoms. The average Bonchev–Trinajstić information content (AvgIpc) is 3.09. The van der Waals surface area contributed by atoms with Crippen LogP contribution in [-0.4, -0.2) is 16.9 Å². The molecule has 1 amide bonds. The zero-order valence-electron chi connectivity index (χ0n) is 14.5. The van der Waals surface area contributed by atoms with Crippen LogP contribution in [-0.2, 0) is 16.1 Å². The molecule has 0 N–H and O–H groups in total. The summed E-state index contributed by atoms with van der Waals surface area (Å²) in [6.07, 6.45) is 0. The van der Waals surface area contributed by atoms with Crippen LogP contribution in [0, 0.1) is 6.92 Å². The van der Waals surface area contributed by atoms with E-state index in [4.69, 9.17) is 4.74 Å². The SMILES string of the molecule is CC(=O)N(c1ccccc1)c1nc(COC(=O)c2cccc(C)c2)cs1. The summed E-state index contributed by atoms with van der Waals surface area (Å²) in [4.78, 5) is 30.1. The number of thiazole rings is 1. The van der Waals surface area contributed by atoms with Crippen LogP contribution in [0.25, 0.3) is 0 Å². The summed E-state index contributed by atoms with van der Waals surface area (Å²) < 4.78 is 5.33. The van der Waals surface area contributed by atoms with E-state index >= 15 is 0 Å². The molecule has 6 heteroatoms. The number of ether oxygens (including phenoxy) is 1. The quantitative estimate of drug-likeness (QED) is 0.624. The van der Waals surface area contributed by atoms with Gasteiger partial charge in [-0.1, -0.05) is 35.9 Å². The van der Waals surface area contributed by atoms with Crippen molar-refractivity contribution in [1.82, 2.24) is 4.98 Å². The summed E-state index contributed by atoms with van der Waals surface area (Å²) in [5.74, 6) is -0.524. The van der Waals surface area contributed by atoms with Crippen molar-refractivity contribution in [2.75, 3.05) is 4.90 Å². The predicted molar refractivity (Wildman–Crippen MR) is 102 cm³/mol. The molecule has 0 bridgehead atoms. The van der Waals surface area contributed by atoms with Crippen molar-refractivity contribution in [3.8, 4) is 0 Å². The Kier molecular flexibility index (Phi) is 5.43. The van der Waals surface area contributed by atoms with Gasteiger partial charge < -0.3 is 4.74 Å². The first-order valence-corrected chi connectivity index (χ1v) is 8.96. The maximum absolute atomic E-state index is 12.1. The van der Waals surface area contributed by atoms with Crippen LogP contribution in [0.1, 0.15) is 28.5 Å². The summed E-state index contributed by atoms with van der Waals surface area (Å²) in [5, 5.41) is 2.34. The van der Waals surface area contributed by atoms with E-state index < -0.39 is 5.97 Å². The van der Waals surface area contributed by atoms with Gasteiger partial charge in [0.2, 0.25) is 5.91 Å². The molecule has 2 aromatic carbocycles. The number of carbonyl (C=O) groups excluding carboxylic acids is 2. The van der Waals surface area contributed by atoms with Gasteiger partial charge in [-0.3, -0.25) is 9.69 Å². The van der Waals surface area contributed by atoms with E-state index in [1.165, 1.54) is 23.2 Å². The van der Waals surface area contributed by atoms with Gasteiger partial charge in [-0.15, -0.1) is 11.3 Å². The Labute approximate surface area is 155 Å². The van der Waals surface area contributed by atoms with Crippen molar-refractivity contribution in [2.45, 2.75) is 20.5 Å². The van der Waals surface area contributed by atoms with Crippen molar-refractivity contribution in [3.63, 3.8) is 0 Å². The van der Waals surface area contributed by atoms with Crippen LogP contribution < -0.4 is 4.90 Å². The van der Waals surface area contributed by atoms with Crippen molar-refractivity contribution >= 4 is 34.0 Å². The second-order valence-corrected chi connectivity index (χ2v) is 6.59. The van der Waals surface area contributed by atoms with Crippen molar-refractivity contribution < 1.29 is 14.3 Å². The van der Waals surface area contributed by atoms with Crippen LogP contribution in [0.4, 0.5) is 10.8 Å². The Bertz CT molecular complexity index is 922. The van der Waals surface area contributed by atoms with Gasteiger partial charge in [0, 0.05) is 12.3 Å². The molecule has 0 unspecified atom stereocenters. The molecule has 3 rings (SSSR count). The average molecular weight is 366 g/mol. The van der Waals surface area contributed by atoms with Gasteiger partial charge in [0.25, 0.3) is 0 Å². The third kappa shape index (κ3) is 4.15. The standard InChI is InChI=1S/C20H18N2O3S/c1-14-7-6-8-16(11-14)19(24)25-12-17-13-26-20(21-17)22(15(2)23)18-9-4-3-5-10-18/h3-11,13H,12H2,1-2H3. The Morgan fingerprint density at radius 2 is 1.88 bits per heavy atom. The fourth-order valence-corrected chi connectivity index (χ4v) is 3.34. The molecular weight excluding hydrogens is 348 g/mol. The van der Waals surface area contributed by atoms with Gasteiger partial charge in [0.1, 0.15) is 6.61 Å². The lowest BCUT2D eigenvalue weighted by Crippen LogP contribution is -2.22. The fraction of sp³-hybridized carbons (Fsp3) is 0.150. The molecule has 0 aliphatic carbocycles. The number of anilines is 2. The highest BCUT2D eigenvalue weighted by atomic mass is 32.1. The van der Waals surface area contributed by atoms with Gasteiger partial charge in [0.05, 0.1) is 16.9 Å². The van der Waals surface area contributed by atoms with E-state index in [-0.39, 0.29) is 12.5 Å². The highest BCUT2D eigenvalue weighted by Gasteiger charge is 2.18. The van der Waals surface area contributed by atoms with Crippen LogP contribution in [0.5, 0.6) is 0 Å². The topological polar surface area (TPSA) is 59.5 Å². The third-order valence-electron chi connectivity index (χ3n) is 3.67. The van der Waals surface area contributed by atoms with Crippen LogP contribution >= 0.6 is 11.3 Å².